The van der Waals surface area contributed by atoms with Gasteiger partial charge in [0.1, 0.15) is 5.78 Å². The summed E-state index contributed by atoms with van der Waals surface area (Å²) in [4.78, 5) is 11.5. The quantitative estimate of drug-likeness (QED) is 0.516. The van der Waals surface area contributed by atoms with Gasteiger partial charge >= 0.3 is 0 Å². The first kappa shape index (κ1) is 6.22. The van der Waals surface area contributed by atoms with Gasteiger partial charge in [-0.25, -0.2) is 0 Å². The number of Topliss-reactive ketones (excluding diaryl/α,β-unsaturated/α-hetero) is 1. The maximum Gasteiger partial charge on any atom is 0.136 e. The molecule has 4 atom stereocenters. The van der Waals surface area contributed by atoms with E-state index in [1.165, 1.54) is 25.7 Å². The number of hydrogen-bond donors (Lipinski definition) is 0. The number of hydrogen-bond acceptors (Lipinski definition) is 1. The Kier molecular flexibility index (Phi) is 1.06. The molecule has 3 aliphatic rings. The second-order valence-electron chi connectivity index (χ2n) is 4.52. The zero-order chi connectivity index (χ0) is 7.42. The molecule has 3 saturated carbocycles. The molecule has 0 aliphatic heterocycles. The first-order valence-corrected chi connectivity index (χ1v) is 4.89. The zero-order valence-electron chi connectivity index (χ0n) is 6.75. The van der Waals surface area contributed by atoms with Gasteiger partial charge in [-0.15, -0.1) is 0 Å². The minimum absolute atomic E-state index is 0.513. The second kappa shape index (κ2) is 1.88. The van der Waals surface area contributed by atoms with Crippen LogP contribution in [0.25, 0.3) is 0 Å². The summed E-state index contributed by atoms with van der Waals surface area (Å²) in [5, 5.41) is 0. The van der Waals surface area contributed by atoms with Crippen LogP contribution in [-0.4, -0.2) is 5.78 Å². The number of ketones is 1. The van der Waals surface area contributed by atoms with Crippen molar-refractivity contribution in [1.82, 2.24) is 0 Å². The fourth-order valence-electron chi connectivity index (χ4n) is 3.78. The van der Waals surface area contributed by atoms with Crippen molar-refractivity contribution in [2.24, 2.45) is 23.7 Å². The van der Waals surface area contributed by atoms with E-state index < -0.39 is 0 Å². The predicted octanol–water partition coefficient (Wildman–Crippen LogP) is 2.01. The van der Waals surface area contributed by atoms with E-state index in [1.54, 1.807) is 0 Å². The lowest BCUT2D eigenvalue weighted by Gasteiger charge is -2.25. The summed E-state index contributed by atoms with van der Waals surface area (Å²) in [5.41, 5.74) is 0. The topological polar surface area (TPSA) is 17.1 Å². The van der Waals surface area contributed by atoms with Gasteiger partial charge in [-0.1, -0.05) is 0 Å². The first-order chi connectivity index (χ1) is 5.36. The highest BCUT2D eigenvalue weighted by molar-refractivity contribution is 5.83. The SMILES string of the molecule is O=C1CC2CCC3C1CCC23. The molecule has 0 aromatic carbocycles. The Bertz CT molecular complexity index is 209. The third kappa shape index (κ3) is 0.646. The van der Waals surface area contributed by atoms with Crippen LogP contribution in [-0.2, 0) is 4.79 Å². The summed E-state index contributed by atoms with van der Waals surface area (Å²) in [5.74, 6) is 3.73. The molecule has 0 saturated heterocycles. The van der Waals surface area contributed by atoms with E-state index in [1.807, 2.05) is 0 Å². The molecule has 0 aromatic rings. The van der Waals surface area contributed by atoms with E-state index in [0.29, 0.717) is 11.7 Å². The van der Waals surface area contributed by atoms with Crippen LogP contribution >= 0.6 is 0 Å². The number of carbonyl (C=O) groups excluding carboxylic acids is 1. The van der Waals surface area contributed by atoms with Crippen molar-refractivity contribution in [2.75, 3.05) is 0 Å². The Morgan fingerprint density at radius 1 is 1.00 bits per heavy atom. The summed E-state index contributed by atoms with van der Waals surface area (Å²) in [6.45, 7) is 0. The van der Waals surface area contributed by atoms with Crippen LogP contribution < -0.4 is 0 Å². The fraction of sp³-hybridized carbons (Fsp3) is 0.900. The van der Waals surface area contributed by atoms with E-state index in [4.69, 9.17) is 0 Å². The molecule has 60 valence electrons. The van der Waals surface area contributed by atoms with E-state index >= 15 is 0 Å². The molecule has 0 heterocycles. The van der Waals surface area contributed by atoms with Gasteiger partial charge in [-0.05, 0) is 43.4 Å². The molecule has 3 aliphatic carbocycles. The Labute approximate surface area is 67.2 Å². The average molecular weight is 150 g/mol. The van der Waals surface area contributed by atoms with Crippen LogP contribution in [0.2, 0.25) is 0 Å². The fourth-order valence-corrected chi connectivity index (χ4v) is 3.78. The van der Waals surface area contributed by atoms with Gasteiger partial charge in [-0.2, -0.15) is 0 Å². The molecule has 0 aromatic heterocycles. The van der Waals surface area contributed by atoms with Crippen LogP contribution in [0.1, 0.15) is 32.1 Å². The summed E-state index contributed by atoms with van der Waals surface area (Å²) < 4.78 is 0. The van der Waals surface area contributed by atoms with Gasteiger partial charge in [0.15, 0.2) is 0 Å². The van der Waals surface area contributed by atoms with E-state index in [0.717, 1.165) is 24.2 Å². The van der Waals surface area contributed by atoms with Crippen molar-refractivity contribution in [3.8, 4) is 0 Å². The molecule has 1 nitrogen and oxygen atoms in total. The number of rotatable bonds is 0. The highest BCUT2D eigenvalue weighted by Gasteiger charge is 2.51. The Morgan fingerprint density at radius 3 is 2.73 bits per heavy atom. The normalized spacial score (nSPS) is 53.6. The minimum Gasteiger partial charge on any atom is -0.299 e. The van der Waals surface area contributed by atoms with Gasteiger partial charge < -0.3 is 0 Å². The largest absolute Gasteiger partial charge is 0.299 e. The van der Waals surface area contributed by atoms with E-state index in [-0.39, 0.29) is 0 Å². The van der Waals surface area contributed by atoms with Crippen LogP contribution in [0.5, 0.6) is 0 Å². The lowest BCUT2D eigenvalue weighted by atomic mass is 9.78. The van der Waals surface area contributed by atoms with Crippen LogP contribution in [0, 0.1) is 23.7 Å². The molecule has 0 spiro atoms. The molecule has 3 rings (SSSR count). The molecule has 0 amide bonds. The van der Waals surface area contributed by atoms with Crippen LogP contribution in [0.4, 0.5) is 0 Å². The van der Waals surface area contributed by atoms with Crippen LogP contribution in [0.3, 0.4) is 0 Å². The molecule has 11 heavy (non-hydrogen) atoms. The van der Waals surface area contributed by atoms with Crippen molar-refractivity contribution in [3.63, 3.8) is 0 Å². The van der Waals surface area contributed by atoms with Crippen molar-refractivity contribution in [3.05, 3.63) is 0 Å². The summed E-state index contributed by atoms with van der Waals surface area (Å²) in [6.07, 6.45) is 6.26. The van der Waals surface area contributed by atoms with E-state index in [9.17, 15) is 4.79 Å². The molecule has 4 unspecified atom stereocenters. The number of carbonyl (C=O) groups is 1. The molecule has 3 fully saturated rings. The molecular formula is C10H14O. The summed E-state index contributed by atoms with van der Waals surface area (Å²) in [6, 6.07) is 0. The Morgan fingerprint density at radius 2 is 1.82 bits per heavy atom. The standard InChI is InChI=1S/C10H14O/c11-10-5-6-1-2-8-7(6)3-4-9(8)10/h6-9H,1-5H2. The van der Waals surface area contributed by atoms with Crippen LogP contribution in [0.15, 0.2) is 0 Å². The molecule has 1 heteroatoms. The molecule has 0 radical (unpaired) electrons. The second-order valence-corrected chi connectivity index (χ2v) is 4.52. The van der Waals surface area contributed by atoms with Crippen molar-refractivity contribution in [1.29, 1.82) is 0 Å². The van der Waals surface area contributed by atoms with Gasteiger partial charge in [0.05, 0.1) is 0 Å². The van der Waals surface area contributed by atoms with E-state index in [2.05, 4.69) is 0 Å². The third-order valence-electron chi connectivity index (χ3n) is 4.23. The van der Waals surface area contributed by atoms with Gasteiger partial charge in [0.25, 0.3) is 0 Å². The van der Waals surface area contributed by atoms with Gasteiger partial charge in [0.2, 0.25) is 0 Å². The highest BCUT2D eigenvalue weighted by Crippen LogP contribution is 2.56. The lowest BCUT2D eigenvalue weighted by molar-refractivity contribution is -0.126. The van der Waals surface area contributed by atoms with Crippen molar-refractivity contribution in [2.45, 2.75) is 32.1 Å². The Balaban J connectivity index is 2.02. The van der Waals surface area contributed by atoms with Gasteiger partial charge in [-0.3, -0.25) is 4.79 Å². The van der Waals surface area contributed by atoms with Crippen molar-refractivity contribution < 1.29 is 4.79 Å². The Hall–Kier alpha value is -0.330. The monoisotopic (exact) mass is 150 g/mol. The summed E-state index contributed by atoms with van der Waals surface area (Å²) >= 11 is 0. The van der Waals surface area contributed by atoms with Crippen molar-refractivity contribution >= 4 is 5.78 Å². The highest BCUT2D eigenvalue weighted by atomic mass is 16.1. The maximum atomic E-state index is 11.5. The summed E-state index contributed by atoms with van der Waals surface area (Å²) in [7, 11) is 0. The third-order valence-corrected chi connectivity index (χ3v) is 4.23. The zero-order valence-corrected chi connectivity index (χ0v) is 6.75. The smallest absolute Gasteiger partial charge is 0.136 e. The minimum atomic E-state index is 0.513. The maximum absolute atomic E-state index is 11.5. The first-order valence-electron chi connectivity index (χ1n) is 4.89. The van der Waals surface area contributed by atoms with Gasteiger partial charge in [0, 0.05) is 12.3 Å². The molecule has 0 N–H and O–H groups in total. The lowest BCUT2D eigenvalue weighted by Crippen LogP contribution is -2.27. The molecule has 4 bridgehead atoms. The molecular weight excluding hydrogens is 136 g/mol. The predicted molar refractivity (Wildman–Crippen MR) is 42.1 cm³/mol. The average Bonchev–Trinajstić information content (AvgIpc) is 2.44.